The lowest BCUT2D eigenvalue weighted by Gasteiger charge is -2.19. The number of rotatable bonds is 8. The zero-order valence-electron chi connectivity index (χ0n) is 35.0. The molecule has 0 aliphatic carbocycles. The Hall–Kier alpha value is -7.82. The maximum atomic E-state index is 11.5. The molecule has 0 spiro atoms. The van der Waals surface area contributed by atoms with Crippen LogP contribution in [0.3, 0.4) is 0 Å². The minimum Gasteiger partial charge on any atom is -0.507 e. The zero-order valence-corrected chi connectivity index (χ0v) is 32.0. The Morgan fingerprint density at radius 1 is 0.441 bits per heavy atom. The second-order valence-corrected chi connectivity index (χ2v) is 14.6. The van der Waals surface area contributed by atoms with Crippen LogP contribution in [-0.2, 0) is 0 Å². The van der Waals surface area contributed by atoms with Crippen LogP contribution in [0.15, 0.2) is 212 Å². The van der Waals surface area contributed by atoms with Crippen molar-refractivity contribution in [2.75, 3.05) is 0 Å². The fourth-order valence-corrected chi connectivity index (χ4v) is 8.03. The molecule has 0 atom stereocenters. The summed E-state index contributed by atoms with van der Waals surface area (Å²) in [5.41, 5.74) is 13.9. The van der Waals surface area contributed by atoms with E-state index in [9.17, 15) is 5.11 Å². The third-order valence-corrected chi connectivity index (χ3v) is 10.9. The van der Waals surface area contributed by atoms with Crippen molar-refractivity contribution in [3.05, 3.63) is 218 Å². The molecule has 0 unspecified atom stereocenters. The van der Waals surface area contributed by atoms with Crippen molar-refractivity contribution < 1.29 is 9.22 Å². The van der Waals surface area contributed by atoms with Crippen molar-refractivity contribution in [2.24, 2.45) is 0 Å². The number of nitrogens with zero attached hydrogens (tertiary/aromatic N) is 3. The fourth-order valence-electron chi connectivity index (χ4n) is 8.03. The van der Waals surface area contributed by atoms with Gasteiger partial charge in [0.25, 0.3) is 0 Å². The highest BCUT2D eigenvalue weighted by atomic mass is 16.3. The molecule has 10 aromatic rings. The van der Waals surface area contributed by atoms with E-state index in [4.69, 9.17) is 14.1 Å². The molecule has 0 aliphatic rings. The Morgan fingerprint density at radius 3 is 1.69 bits per heavy atom. The van der Waals surface area contributed by atoms with Crippen LogP contribution in [0.2, 0.25) is 0 Å². The Kier molecular flexibility index (Phi) is 8.35. The molecule has 1 N–H and O–H groups in total. The normalized spacial score (nSPS) is 12.2. The van der Waals surface area contributed by atoms with Gasteiger partial charge in [-0.1, -0.05) is 146 Å². The average molecular weight is 761 g/mol. The van der Waals surface area contributed by atoms with E-state index in [0.29, 0.717) is 22.5 Å². The molecular weight excluding hydrogens is 719 g/mol. The molecule has 59 heavy (non-hydrogen) atoms. The van der Waals surface area contributed by atoms with Crippen molar-refractivity contribution in [3.8, 4) is 89.7 Å². The van der Waals surface area contributed by atoms with Crippen LogP contribution in [0.5, 0.6) is 5.75 Å². The second-order valence-electron chi connectivity index (χ2n) is 14.6. The number of phenols is 1. The molecule has 0 radical (unpaired) electrons. The molecule has 0 fully saturated rings. The maximum Gasteiger partial charge on any atom is 0.149 e. The van der Waals surface area contributed by atoms with Crippen molar-refractivity contribution in [1.82, 2.24) is 14.5 Å². The number of hydrogen-bond donors (Lipinski definition) is 1. The van der Waals surface area contributed by atoms with Gasteiger partial charge in [-0.25, -0.2) is 4.98 Å². The number of imidazole rings is 1. The standard InChI is InChI=1S/C55H39N3O/c1-37-31-49(41-23-12-5-13-24-41)52(36-48(37)40-21-10-4-11-22-40)58-51-27-16-26-46(54(51)57-55(58)47-25-14-15-28-53(47)59)44-32-43(39-19-8-3-9-20-39)33-45(34-44)50-35-42(29-30-56-50)38-17-6-2-7-18-38/h2-36,59H,1H3/i1D3. The van der Waals surface area contributed by atoms with Crippen LogP contribution < -0.4 is 0 Å². The molecule has 0 bridgehead atoms. The summed E-state index contributed by atoms with van der Waals surface area (Å²) >= 11 is 0. The van der Waals surface area contributed by atoms with Gasteiger partial charge in [0.1, 0.15) is 11.6 Å². The van der Waals surface area contributed by atoms with E-state index in [1.54, 1.807) is 18.2 Å². The predicted octanol–water partition coefficient (Wildman–Crippen LogP) is 14.1. The summed E-state index contributed by atoms with van der Waals surface area (Å²) in [6.45, 7) is -2.41. The SMILES string of the molecule is [2H]C([2H])([2H])c1cc(-c2ccccc2)c(-n2c(-c3ccccc3O)nc3c(-c4cc(-c5ccccc5)cc(-c5cc(-c6ccccc6)ccn5)c4)cccc32)cc1-c1ccccc1. The first kappa shape index (κ1) is 32.3. The highest BCUT2D eigenvalue weighted by molar-refractivity contribution is 5.99. The number of benzene rings is 8. The third kappa shape index (κ3) is 6.77. The van der Waals surface area contributed by atoms with Crippen molar-refractivity contribution in [2.45, 2.75) is 6.85 Å². The van der Waals surface area contributed by atoms with E-state index in [1.165, 1.54) is 0 Å². The van der Waals surface area contributed by atoms with Crippen molar-refractivity contribution >= 4 is 11.0 Å². The summed E-state index contributed by atoms with van der Waals surface area (Å²) in [7, 11) is 0. The summed E-state index contributed by atoms with van der Waals surface area (Å²) < 4.78 is 28.2. The van der Waals surface area contributed by atoms with Crippen molar-refractivity contribution in [3.63, 3.8) is 0 Å². The first-order valence-electron chi connectivity index (χ1n) is 21.1. The van der Waals surface area contributed by atoms with E-state index in [1.807, 2.05) is 140 Å². The molecule has 10 rings (SSSR count). The van der Waals surface area contributed by atoms with Crippen LogP contribution in [-0.4, -0.2) is 19.6 Å². The molecule has 2 heterocycles. The van der Waals surface area contributed by atoms with Gasteiger partial charge >= 0.3 is 0 Å². The first-order valence-corrected chi connectivity index (χ1v) is 19.6. The van der Waals surface area contributed by atoms with Gasteiger partial charge in [-0.2, -0.15) is 0 Å². The van der Waals surface area contributed by atoms with Gasteiger partial charge in [-0.3, -0.25) is 9.55 Å². The van der Waals surface area contributed by atoms with E-state index >= 15 is 0 Å². The number of aryl methyl sites for hydroxylation is 1. The number of pyridine rings is 1. The summed E-state index contributed by atoms with van der Waals surface area (Å²) in [5.74, 6) is 0.590. The lowest BCUT2D eigenvalue weighted by atomic mass is 9.93. The zero-order chi connectivity index (χ0) is 42.2. The average Bonchev–Trinajstić information content (AvgIpc) is 3.71. The molecule has 8 aromatic carbocycles. The highest BCUT2D eigenvalue weighted by Gasteiger charge is 2.23. The lowest BCUT2D eigenvalue weighted by molar-refractivity contribution is 0.477. The summed E-state index contributed by atoms with van der Waals surface area (Å²) in [4.78, 5) is 10.3. The van der Waals surface area contributed by atoms with Gasteiger partial charge in [0.15, 0.2) is 0 Å². The third-order valence-electron chi connectivity index (χ3n) is 10.9. The summed E-state index contributed by atoms with van der Waals surface area (Å²) in [6, 6.07) is 68.0. The van der Waals surface area contributed by atoms with E-state index in [2.05, 4.69) is 59.2 Å². The van der Waals surface area contributed by atoms with Crippen LogP contribution in [0.1, 0.15) is 9.68 Å². The minimum atomic E-state index is -2.41. The van der Waals surface area contributed by atoms with Gasteiger partial charge in [0.2, 0.25) is 0 Å². The number of aromatic nitrogens is 3. The minimum absolute atomic E-state index is 0.0759. The molecular formula is C55H39N3O. The second kappa shape index (κ2) is 15.3. The number of hydrogen-bond acceptors (Lipinski definition) is 3. The first-order chi connectivity index (χ1) is 30.3. The topological polar surface area (TPSA) is 50.9 Å². The largest absolute Gasteiger partial charge is 0.507 e. The molecule has 280 valence electrons. The van der Waals surface area contributed by atoms with E-state index in [0.717, 1.165) is 72.5 Å². The Labute approximate surface area is 348 Å². The van der Waals surface area contributed by atoms with Gasteiger partial charge in [0, 0.05) is 27.0 Å². The van der Waals surface area contributed by atoms with E-state index in [-0.39, 0.29) is 11.3 Å². The number of para-hydroxylation sites is 2. The molecule has 0 saturated carbocycles. The number of fused-ring (bicyclic) bond motifs is 1. The van der Waals surface area contributed by atoms with Gasteiger partial charge < -0.3 is 5.11 Å². The number of aromatic hydroxyl groups is 1. The van der Waals surface area contributed by atoms with Crippen LogP contribution in [0.4, 0.5) is 0 Å². The van der Waals surface area contributed by atoms with Crippen LogP contribution in [0.25, 0.3) is 95.0 Å². The predicted molar refractivity (Wildman–Crippen MR) is 243 cm³/mol. The summed E-state index contributed by atoms with van der Waals surface area (Å²) in [6.07, 6.45) is 1.86. The molecule has 0 aliphatic heterocycles. The smallest absolute Gasteiger partial charge is 0.149 e. The lowest BCUT2D eigenvalue weighted by Crippen LogP contribution is -2.02. The maximum absolute atomic E-state index is 11.5. The fraction of sp³-hybridized carbons (Fsp3) is 0.0182. The Morgan fingerprint density at radius 2 is 1.02 bits per heavy atom. The van der Waals surface area contributed by atoms with Crippen LogP contribution >= 0.6 is 0 Å². The summed E-state index contributed by atoms with van der Waals surface area (Å²) in [5, 5.41) is 11.5. The van der Waals surface area contributed by atoms with Crippen molar-refractivity contribution in [1.29, 1.82) is 0 Å². The monoisotopic (exact) mass is 760 g/mol. The quantitative estimate of drug-likeness (QED) is 0.168. The van der Waals surface area contributed by atoms with Gasteiger partial charge in [-0.15, -0.1) is 0 Å². The Bertz CT molecular complexity index is 3220. The van der Waals surface area contributed by atoms with Crippen LogP contribution in [0, 0.1) is 6.85 Å². The molecule has 0 amide bonds. The molecule has 0 saturated heterocycles. The molecule has 4 heteroatoms. The molecule has 4 nitrogen and oxygen atoms in total. The Balaban J connectivity index is 1.27. The van der Waals surface area contributed by atoms with Gasteiger partial charge in [0.05, 0.1) is 28.0 Å². The molecule has 2 aromatic heterocycles. The highest BCUT2D eigenvalue weighted by Crippen LogP contribution is 2.43. The van der Waals surface area contributed by atoms with E-state index < -0.39 is 6.85 Å². The van der Waals surface area contributed by atoms with Gasteiger partial charge in [-0.05, 0) is 118 Å². The number of phenolic OH excluding ortho intramolecular Hbond substituents is 1.